The number of fused-ring (bicyclic) bond motifs is 1. The molecule has 4 rings (SSSR count). The molecule has 0 spiro atoms. The van der Waals surface area contributed by atoms with Crippen molar-refractivity contribution in [1.82, 2.24) is 0 Å². The molecule has 1 amide bonds. The molecule has 2 aliphatic rings. The average Bonchev–Trinajstić information content (AvgIpc) is 2.67. The Morgan fingerprint density at radius 2 is 1.93 bits per heavy atom. The molecule has 3 atom stereocenters. The molecule has 0 bridgehead atoms. The zero-order chi connectivity index (χ0) is 19.0. The second kappa shape index (κ2) is 7.24. The van der Waals surface area contributed by atoms with Gasteiger partial charge in [0.1, 0.15) is 6.04 Å². The molecule has 2 aromatic rings. The molecular weight excluding hydrogens is 364 g/mol. The number of nitrogens with one attached hydrogen (secondary N) is 1. The number of halogens is 1. The first-order valence-corrected chi connectivity index (χ1v) is 9.57. The molecule has 6 heteroatoms. The van der Waals surface area contributed by atoms with E-state index in [0.717, 1.165) is 29.8 Å². The maximum atomic E-state index is 13.3. The molecular formula is C21H21ClN2O3. The second-order valence-corrected chi connectivity index (χ2v) is 7.62. The van der Waals surface area contributed by atoms with Crippen LogP contribution < -0.4 is 10.2 Å². The topological polar surface area (TPSA) is 69.6 Å². The molecule has 2 aromatic carbocycles. The van der Waals surface area contributed by atoms with E-state index in [9.17, 15) is 14.7 Å². The van der Waals surface area contributed by atoms with E-state index in [1.54, 1.807) is 12.1 Å². The largest absolute Gasteiger partial charge is 0.480 e. The zero-order valence-electron chi connectivity index (χ0n) is 14.8. The lowest BCUT2D eigenvalue weighted by atomic mass is 9.74. The van der Waals surface area contributed by atoms with Crippen molar-refractivity contribution >= 4 is 34.9 Å². The van der Waals surface area contributed by atoms with Gasteiger partial charge in [-0.3, -0.25) is 4.79 Å². The fourth-order valence-electron chi connectivity index (χ4n) is 4.29. The molecule has 2 N–H and O–H groups in total. The quantitative estimate of drug-likeness (QED) is 0.834. The van der Waals surface area contributed by atoms with Crippen molar-refractivity contribution in [3.8, 4) is 0 Å². The highest BCUT2D eigenvalue weighted by Crippen LogP contribution is 2.44. The van der Waals surface area contributed by atoms with E-state index in [1.807, 2.05) is 41.3 Å². The van der Waals surface area contributed by atoms with Gasteiger partial charge < -0.3 is 15.3 Å². The molecule has 2 aliphatic heterocycles. The zero-order valence-corrected chi connectivity index (χ0v) is 15.5. The van der Waals surface area contributed by atoms with Gasteiger partial charge in [-0.1, -0.05) is 35.9 Å². The Balaban J connectivity index is 1.69. The third kappa shape index (κ3) is 3.39. The highest BCUT2D eigenvalue weighted by atomic mass is 35.5. The summed E-state index contributed by atoms with van der Waals surface area (Å²) in [5.41, 5.74) is 2.59. The van der Waals surface area contributed by atoms with E-state index in [4.69, 9.17) is 11.6 Å². The van der Waals surface area contributed by atoms with Crippen LogP contribution >= 0.6 is 11.6 Å². The number of hydrogen-bond acceptors (Lipinski definition) is 3. The van der Waals surface area contributed by atoms with Gasteiger partial charge in [-0.2, -0.15) is 0 Å². The Morgan fingerprint density at radius 3 is 2.67 bits per heavy atom. The van der Waals surface area contributed by atoms with Gasteiger partial charge in [0.05, 0.1) is 0 Å². The van der Waals surface area contributed by atoms with Crippen LogP contribution in [0.1, 0.15) is 30.7 Å². The number of anilines is 2. The van der Waals surface area contributed by atoms with Crippen LogP contribution in [0.15, 0.2) is 48.5 Å². The number of rotatable bonds is 3. The van der Waals surface area contributed by atoms with E-state index in [2.05, 4.69) is 5.32 Å². The minimum absolute atomic E-state index is 0.0735. The minimum Gasteiger partial charge on any atom is -0.480 e. The number of para-hydroxylation sites is 1. The van der Waals surface area contributed by atoms with Crippen molar-refractivity contribution in [3.63, 3.8) is 0 Å². The fraction of sp³-hybridized carbons (Fsp3) is 0.333. The van der Waals surface area contributed by atoms with Crippen LogP contribution in [0.4, 0.5) is 11.4 Å². The molecule has 27 heavy (non-hydrogen) atoms. The van der Waals surface area contributed by atoms with E-state index in [1.165, 1.54) is 0 Å². The van der Waals surface area contributed by atoms with Crippen molar-refractivity contribution in [1.29, 1.82) is 0 Å². The summed E-state index contributed by atoms with van der Waals surface area (Å²) in [6, 6.07) is 14.4. The smallest absolute Gasteiger partial charge is 0.326 e. The highest BCUT2D eigenvalue weighted by Gasteiger charge is 2.41. The summed E-state index contributed by atoms with van der Waals surface area (Å²) in [4.78, 5) is 26.8. The lowest BCUT2D eigenvalue weighted by Crippen LogP contribution is -2.46. The van der Waals surface area contributed by atoms with Crippen molar-refractivity contribution in [2.45, 2.75) is 31.2 Å². The summed E-state index contributed by atoms with van der Waals surface area (Å²) in [5.74, 6) is -1.21. The van der Waals surface area contributed by atoms with Crippen molar-refractivity contribution < 1.29 is 14.7 Å². The SMILES string of the molecule is O=C(O)C1CC(C2CCCN(c3ccccc3)C2=O)c2ccc(Cl)cc2N1. The molecule has 0 aliphatic carbocycles. The van der Waals surface area contributed by atoms with E-state index >= 15 is 0 Å². The molecule has 1 saturated heterocycles. The maximum Gasteiger partial charge on any atom is 0.326 e. The van der Waals surface area contributed by atoms with Gasteiger partial charge in [0.25, 0.3) is 0 Å². The van der Waals surface area contributed by atoms with Gasteiger partial charge >= 0.3 is 5.97 Å². The van der Waals surface area contributed by atoms with Gasteiger partial charge in [0.2, 0.25) is 5.91 Å². The molecule has 1 fully saturated rings. The van der Waals surface area contributed by atoms with Crippen LogP contribution in [0.25, 0.3) is 0 Å². The number of carboxylic acid groups (broad SMARTS) is 1. The Bertz CT molecular complexity index is 871. The summed E-state index contributed by atoms with van der Waals surface area (Å²) in [7, 11) is 0. The lowest BCUT2D eigenvalue weighted by molar-refractivity contribution is -0.138. The van der Waals surface area contributed by atoms with E-state index < -0.39 is 12.0 Å². The number of benzene rings is 2. The molecule has 0 aromatic heterocycles. The number of aliphatic carboxylic acids is 1. The molecule has 5 nitrogen and oxygen atoms in total. The number of carbonyl (C=O) groups is 2. The number of amides is 1. The van der Waals surface area contributed by atoms with Crippen molar-refractivity contribution in [2.75, 3.05) is 16.8 Å². The van der Waals surface area contributed by atoms with Crippen LogP contribution in [0.3, 0.4) is 0 Å². The third-order valence-corrected chi connectivity index (χ3v) is 5.80. The molecule has 3 unspecified atom stereocenters. The molecule has 2 heterocycles. The van der Waals surface area contributed by atoms with Crippen LogP contribution in [0.2, 0.25) is 5.02 Å². The normalized spacial score (nSPS) is 24.9. The van der Waals surface area contributed by atoms with Crippen LogP contribution in [-0.2, 0) is 9.59 Å². The van der Waals surface area contributed by atoms with E-state index in [0.29, 0.717) is 18.0 Å². The number of piperidine rings is 1. The van der Waals surface area contributed by atoms with E-state index in [-0.39, 0.29) is 17.7 Å². The molecule has 0 saturated carbocycles. The van der Waals surface area contributed by atoms with Gasteiger partial charge in [0, 0.05) is 34.8 Å². The Morgan fingerprint density at radius 1 is 1.15 bits per heavy atom. The maximum absolute atomic E-state index is 13.3. The summed E-state index contributed by atoms with van der Waals surface area (Å²) in [6.45, 7) is 0.695. The number of hydrogen-bond donors (Lipinski definition) is 2. The standard InChI is InChI=1S/C21H21ClN2O3/c22-13-8-9-15-17(12-19(21(26)27)23-18(15)11-13)16-7-4-10-24(20(16)25)14-5-2-1-3-6-14/h1-3,5-6,8-9,11,16-17,19,23H,4,7,10,12H2,(H,26,27). The third-order valence-electron chi connectivity index (χ3n) is 5.57. The number of carbonyl (C=O) groups excluding carboxylic acids is 1. The Labute approximate surface area is 162 Å². The predicted octanol–water partition coefficient (Wildman–Crippen LogP) is 4.14. The summed E-state index contributed by atoms with van der Waals surface area (Å²) in [6.07, 6.45) is 2.06. The number of carboxylic acids is 1. The van der Waals surface area contributed by atoms with Crippen LogP contribution in [0, 0.1) is 5.92 Å². The lowest BCUT2D eigenvalue weighted by Gasteiger charge is -2.40. The second-order valence-electron chi connectivity index (χ2n) is 7.18. The van der Waals surface area contributed by atoms with Crippen LogP contribution in [0.5, 0.6) is 0 Å². The summed E-state index contributed by atoms with van der Waals surface area (Å²) >= 11 is 6.11. The minimum atomic E-state index is -0.909. The molecule has 0 radical (unpaired) electrons. The Hall–Kier alpha value is -2.53. The predicted molar refractivity (Wildman–Crippen MR) is 105 cm³/mol. The number of nitrogens with zero attached hydrogens (tertiary/aromatic N) is 1. The van der Waals surface area contributed by atoms with Gasteiger partial charge in [-0.25, -0.2) is 4.79 Å². The first-order valence-electron chi connectivity index (χ1n) is 9.20. The first kappa shape index (κ1) is 17.9. The summed E-state index contributed by atoms with van der Waals surface area (Å²) in [5, 5.41) is 13.2. The first-order chi connectivity index (χ1) is 13.0. The van der Waals surface area contributed by atoms with Crippen LogP contribution in [-0.4, -0.2) is 29.6 Å². The Kier molecular flexibility index (Phi) is 4.79. The van der Waals surface area contributed by atoms with Gasteiger partial charge in [-0.15, -0.1) is 0 Å². The summed E-state index contributed by atoms with van der Waals surface area (Å²) < 4.78 is 0. The highest BCUT2D eigenvalue weighted by molar-refractivity contribution is 6.30. The van der Waals surface area contributed by atoms with Crippen molar-refractivity contribution in [3.05, 3.63) is 59.1 Å². The monoisotopic (exact) mass is 384 g/mol. The average molecular weight is 385 g/mol. The fourth-order valence-corrected chi connectivity index (χ4v) is 4.46. The van der Waals surface area contributed by atoms with Gasteiger partial charge in [-0.05, 0) is 49.1 Å². The van der Waals surface area contributed by atoms with Gasteiger partial charge in [0.15, 0.2) is 0 Å². The molecule has 140 valence electrons. The van der Waals surface area contributed by atoms with Crippen molar-refractivity contribution in [2.24, 2.45) is 5.92 Å².